The van der Waals surface area contributed by atoms with Gasteiger partial charge in [-0.05, 0) is 32.2 Å². The van der Waals surface area contributed by atoms with E-state index < -0.39 is 5.97 Å². The van der Waals surface area contributed by atoms with Crippen LogP contribution in [-0.4, -0.2) is 47.7 Å². The molecule has 2 aliphatic rings. The number of nitrogens with one attached hydrogen (secondary N) is 1. The number of carboxylic acid groups (broad SMARTS) is 1. The molecule has 0 radical (unpaired) electrons. The van der Waals surface area contributed by atoms with Gasteiger partial charge < -0.3 is 10.4 Å². The standard InChI is InChI=1S/C11H20N2O2/c1-8(5-11(14)15)13-6-9-3-2-4-12-10(9)7-13/h8-10,12H,2-7H2,1H3,(H,14,15). The van der Waals surface area contributed by atoms with Gasteiger partial charge in [-0.25, -0.2) is 0 Å². The molecule has 2 rings (SSSR count). The molecule has 2 fully saturated rings. The Morgan fingerprint density at radius 2 is 2.40 bits per heavy atom. The number of rotatable bonds is 3. The van der Waals surface area contributed by atoms with Crippen LogP contribution in [0.5, 0.6) is 0 Å². The van der Waals surface area contributed by atoms with Crippen LogP contribution in [0.1, 0.15) is 26.2 Å². The second-order valence-corrected chi connectivity index (χ2v) is 4.86. The Morgan fingerprint density at radius 1 is 1.60 bits per heavy atom. The van der Waals surface area contributed by atoms with Crippen LogP contribution in [0.4, 0.5) is 0 Å². The van der Waals surface area contributed by atoms with Crippen LogP contribution in [0.15, 0.2) is 0 Å². The number of carboxylic acids is 1. The zero-order chi connectivity index (χ0) is 10.8. The SMILES string of the molecule is CC(CC(=O)O)N1CC2CCCNC2C1. The Balaban J connectivity index is 1.87. The molecule has 2 heterocycles. The summed E-state index contributed by atoms with van der Waals surface area (Å²) in [4.78, 5) is 13.0. The zero-order valence-corrected chi connectivity index (χ0v) is 9.28. The summed E-state index contributed by atoms with van der Waals surface area (Å²) in [6.07, 6.45) is 2.83. The fraction of sp³-hybridized carbons (Fsp3) is 0.909. The van der Waals surface area contributed by atoms with Gasteiger partial charge in [0.25, 0.3) is 0 Å². The van der Waals surface area contributed by atoms with Crippen LogP contribution < -0.4 is 5.32 Å². The summed E-state index contributed by atoms with van der Waals surface area (Å²) < 4.78 is 0. The van der Waals surface area contributed by atoms with Crippen molar-refractivity contribution in [2.24, 2.45) is 5.92 Å². The Bertz CT molecular complexity index is 231. The molecule has 2 N–H and O–H groups in total. The highest BCUT2D eigenvalue weighted by Gasteiger charge is 2.36. The summed E-state index contributed by atoms with van der Waals surface area (Å²) in [5.74, 6) is 0.0559. The lowest BCUT2D eigenvalue weighted by atomic mass is 9.94. The number of nitrogens with zero attached hydrogens (tertiary/aromatic N) is 1. The average Bonchev–Trinajstić information content (AvgIpc) is 2.59. The summed E-state index contributed by atoms with van der Waals surface area (Å²) in [7, 11) is 0. The third-order valence-electron chi connectivity index (χ3n) is 3.72. The largest absolute Gasteiger partial charge is 0.481 e. The molecule has 2 saturated heterocycles. The minimum atomic E-state index is -0.690. The van der Waals surface area contributed by atoms with Gasteiger partial charge in [0.2, 0.25) is 0 Å². The van der Waals surface area contributed by atoms with Crippen molar-refractivity contribution in [2.75, 3.05) is 19.6 Å². The Hall–Kier alpha value is -0.610. The molecule has 0 amide bonds. The zero-order valence-electron chi connectivity index (χ0n) is 9.28. The fourth-order valence-electron chi connectivity index (χ4n) is 2.82. The average molecular weight is 212 g/mol. The van der Waals surface area contributed by atoms with Crippen LogP contribution in [-0.2, 0) is 4.79 Å². The summed E-state index contributed by atoms with van der Waals surface area (Å²) in [5, 5.41) is 12.3. The van der Waals surface area contributed by atoms with Gasteiger partial charge in [0.05, 0.1) is 6.42 Å². The maximum Gasteiger partial charge on any atom is 0.304 e. The number of hydrogen-bond donors (Lipinski definition) is 2. The number of aliphatic carboxylic acids is 1. The molecule has 3 unspecified atom stereocenters. The van der Waals surface area contributed by atoms with Crippen molar-refractivity contribution >= 4 is 5.97 Å². The van der Waals surface area contributed by atoms with Crippen molar-refractivity contribution in [1.29, 1.82) is 0 Å². The number of likely N-dealkylation sites (tertiary alicyclic amines) is 1. The predicted molar refractivity (Wildman–Crippen MR) is 57.8 cm³/mol. The molecule has 86 valence electrons. The number of hydrogen-bond acceptors (Lipinski definition) is 3. The lowest BCUT2D eigenvalue weighted by Crippen LogP contribution is -2.41. The van der Waals surface area contributed by atoms with Gasteiger partial charge in [0.1, 0.15) is 0 Å². The highest BCUT2D eigenvalue weighted by atomic mass is 16.4. The first-order valence-corrected chi connectivity index (χ1v) is 5.86. The molecular weight excluding hydrogens is 192 g/mol. The van der Waals surface area contributed by atoms with E-state index in [0.29, 0.717) is 6.04 Å². The topological polar surface area (TPSA) is 52.6 Å². The molecule has 4 nitrogen and oxygen atoms in total. The van der Waals surface area contributed by atoms with Gasteiger partial charge in [-0.1, -0.05) is 0 Å². The van der Waals surface area contributed by atoms with E-state index >= 15 is 0 Å². The van der Waals surface area contributed by atoms with Crippen molar-refractivity contribution in [2.45, 2.75) is 38.3 Å². The highest BCUT2D eigenvalue weighted by Crippen LogP contribution is 2.26. The van der Waals surface area contributed by atoms with Crippen molar-refractivity contribution < 1.29 is 9.90 Å². The first-order chi connectivity index (χ1) is 7.16. The quantitative estimate of drug-likeness (QED) is 0.716. The molecule has 0 aromatic heterocycles. The summed E-state index contributed by atoms with van der Waals surface area (Å²) in [6.45, 7) is 5.25. The van der Waals surface area contributed by atoms with E-state index in [0.717, 1.165) is 25.6 Å². The number of carbonyl (C=O) groups is 1. The second kappa shape index (κ2) is 4.49. The molecule has 0 saturated carbocycles. The molecule has 0 bridgehead atoms. The van der Waals surface area contributed by atoms with Gasteiger partial charge in [-0.2, -0.15) is 0 Å². The van der Waals surface area contributed by atoms with Crippen molar-refractivity contribution in [3.8, 4) is 0 Å². The minimum Gasteiger partial charge on any atom is -0.481 e. The van der Waals surface area contributed by atoms with Crippen LogP contribution in [0, 0.1) is 5.92 Å². The fourth-order valence-corrected chi connectivity index (χ4v) is 2.82. The van der Waals surface area contributed by atoms with Crippen LogP contribution >= 0.6 is 0 Å². The Labute approximate surface area is 90.6 Å². The van der Waals surface area contributed by atoms with Gasteiger partial charge >= 0.3 is 5.97 Å². The van der Waals surface area contributed by atoms with Gasteiger partial charge in [0.15, 0.2) is 0 Å². The van der Waals surface area contributed by atoms with E-state index in [1.54, 1.807) is 0 Å². The van der Waals surface area contributed by atoms with Crippen LogP contribution in [0.25, 0.3) is 0 Å². The summed E-state index contributed by atoms with van der Waals surface area (Å²) in [5.41, 5.74) is 0. The maximum absolute atomic E-state index is 10.6. The highest BCUT2D eigenvalue weighted by molar-refractivity contribution is 5.67. The molecule has 0 aromatic carbocycles. The van der Waals surface area contributed by atoms with Crippen molar-refractivity contribution in [1.82, 2.24) is 10.2 Å². The monoisotopic (exact) mass is 212 g/mol. The van der Waals surface area contributed by atoms with Gasteiger partial charge in [0, 0.05) is 25.2 Å². The van der Waals surface area contributed by atoms with Gasteiger partial charge in [-0.15, -0.1) is 0 Å². The normalized spacial score (nSPS) is 33.7. The lowest BCUT2D eigenvalue weighted by Gasteiger charge is -2.24. The van der Waals surface area contributed by atoms with Gasteiger partial charge in [-0.3, -0.25) is 9.69 Å². The Morgan fingerprint density at radius 3 is 3.07 bits per heavy atom. The van der Waals surface area contributed by atoms with E-state index in [4.69, 9.17) is 5.11 Å². The molecular formula is C11H20N2O2. The predicted octanol–water partition coefficient (Wildman–Crippen LogP) is 0.533. The van der Waals surface area contributed by atoms with E-state index in [9.17, 15) is 4.79 Å². The third kappa shape index (κ3) is 2.49. The van der Waals surface area contributed by atoms with E-state index in [-0.39, 0.29) is 12.5 Å². The van der Waals surface area contributed by atoms with E-state index in [2.05, 4.69) is 10.2 Å². The molecule has 4 heteroatoms. The third-order valence-corrected chi connectivity index (χ3v) is 3.72. The molecule has 0 aromatic rings. The number of fused-ring (bicyclic) bond motifs is 1. The smallest absolute Gasteiger partial charge is 0.304 e. The Kier molecular flexibility index (Phi) is 3.26. The summed E-state index contributed by atoms with van der Waals surface area (Å²) >= 11 is 0. The minimum absolute atomic E-state index is 0.176. The molecule has 0 spiro atoms. The molecule has 2 aliphatic heterocycles. The summed E-state index contributed by atoms with van der Waals surface area (Å²) in [6, 6.07) is 0.782. The lowest BCUT2D eigenvalue weighted by molar-refractivity contribution is -0.138. The first kappa shape index (κ1) is 10.9. The maximum atomic E-state index is 10.6. The van der Waals surface area contributed by atoms with Crippen molar-refractivity contribution in [3.63, 3.8) is 0 Å². The number of piperidine rings is 1. The molecule has 15 heavy (non-hydrogen) atoms. The molecule has 3 atom stereocenters. The van der Waals surface area contributed by atoms with Crippen molar-refractivity contribution in [3.05, 3.63) is 0 Å². The second-order valence-electron chi connectivity index (χ2n) is 4.86. The van der Waals surface area contributed by atoms with Crippen LogP contribution in [0.2, 0.25) is 0 Å². The van der Waals surface area contributed by atoms with E-state index in [1.807, 2.05) is 6.92 Å². The first-order valence-electron chi connectivity index (χ1n) is 5.86. The molecule has 0 aliphatic carbocycles. The van der Waals surface area contributed by atoms with E-state index in [1.165, 1.54) is 12.8 Å². The van der Waals surface area contributed by atoms with Crippen LogP contribution in [0.3, 0.4) is 0 Å².